The van der Waals surface area contributed by atoms with Gasteiger partial charge in [0.2, 0.25) is 11.9 Å². The number of nitrogens with zero attached hydrogens (tertiary/aromatic N) is 3. The van der Waals surface area contributed by atoms with Gasteiger partial charge in [-0.25, -0.2) is 19.1 Å². The minimum atomic E-state index is -1.06. The molecule has 0 radical (unpaired) electrons. The van der Waals surface area contributed by atoms with E-state index in [0.29, 0.717) is 36.4 Å². The SMILES string of the molecule is CC(CNC(=O)CN1C(=O)NC(CCCNc2nc3ccccc3n2C(=O)OC(C)(C)C)C1=O)C(=O)O. The third-order valence-corrected chi connectivity index (χ3v) is 5.53. The van der Waals surface area contributed by atoms with Gasteiger partial charge >= 0.3 is 18.1 Å². The van der Waals surface area contributed by atoms with Crippen molar-refractivity contribution in [2.75, 3.05) is 25.0 Å². The molecule has 200 valence electrons. The zero-order valence-electron chi connectivity index (χ0n) is 21.2. The van der Waals surface area contributed by atoms with Crippen molar-refractivity contribution >= 4 is 46.9 Å². The number of hydrogen-bond donors (Lipinski definition) is 4. The highest BCUT2D eigenvalue weighted by atomic mass is 16.6. The standard InChI is InChI=1S/C24H32N6O7/c1-14(20(33)34)12-26-18(31)13-29-19(32)16(28-22(29)35)9-7-11-25-21-27-15-8-5-6-10-17(15)30(21)23(36)37-24(2,3)4/h5-6,8,10,14,16H,7,9,11-13H2,1-4H3,(H,25,27)(H,26,31)(H,28,35)(H,33,34). The second-order valence-corrected chi connectivity index (χ2v) is 9.78. The maximum absolute atomic E-state index is 12.8. The minimum Gasteiger partial charge on any atom is -0.481 e. The zero-order chi connectivity index (χ0) is 27.3. The molecule has 2 atom stereocenters. The summed E-state index contributed by atoms with van der Waals surface area (Å²) in [6, 6.07) is 5.66. The number of nitrogens with one attached hydrogen (secondary N) is 3. The van der Waals surface area contributed by atoms with E-state index < -0.39 is 54.0 Å². The van der Waals surface area contributed by atoms with Crippen LogP contribution in [0.5, 0.6) is 0 Å². The first-order valence-corrected chi connectivity index (χ1v) is 11.9. The number of imidazole rings is 1. The average Bonchev–Trinajstić information content (AvgIpc) is 3.31. The van der Waals surface area contributed by atoms with Crippen molar-refractivity contribution in [3.8, 4) is 0 Å². The number of amides is 4. The molecule has 37 heavy (non-hydrogen) atoms. The molecule has 0 bridgehead atoms. The normalized spacial score (nSPS) is 16.4. The van der Waals surface area contributed by atoms with E-state index in [2.05, 4.69) is 20.9 Å². The van der Waals surface area contributed by atoms with E-state index in [1.165, 1.54) is 11.5 Å². The summed E-state index contributed by atoms with van der Waals surface area (Å²) in [5.74, 6) is -2.72. The van der Waals surface area contributed by atoms with Crippen molar-refractivity contribution in [1.82, 2.24) is 25.1 Å². The van der Waals surface area contributed by atoms with E-state index in [1.54, 1.807) is 39.0 Å². The molecular weight excluding hydrogens is 484 g/mol. The number of carbonyl (C=O) groups is 5. The van der Waals surface area contributed by atoms with Crippen molar-refractivity contribution in [3.63, 3.8) is 0 Å². The van der Waals surface area contributed by atoms with Crippen LogP contribution in [0.2, 0.25) is 0 Å². The summed E-state index contributed by atoms with van der Waals surface area (Å²) in [7, 11) is 0. The smallest absolute Gasteiger partial charge is 0.421 e. The Morgan fingerprint density at radius 2 is 1.92 bits per heavy atom. The van der Waals surface area contributed by atoms with Gasteiger partial charge in [0.15, 0.2) is 0 Å². The quantitative estimate of drug-likeness (QED) is 0.271. The minimum absolute atomic E-state index is 0.110. The first-order chi connectivity index (χ1) is 17.4. The van der Waals surface area contributed by atoms with E-state index in [1.807, 2.05) is 6.07 Å². The molecule has 1 aromatic carbocycles. The summed E-state index contributed by atoms with van der Waals surface area (Å²) in [6.45, 7) is 6.49. The molecule has 0 aliphatic carbocycles. The van der Waals surface area contributed by atoms with E-state index in [9.17, 15) is 24.0 Å². The highest BCUT2D eigenvalue weighted by Crippen LogP contribution is 2.22. The van der Waals surface area contributed by atoms with Crippen LogP contribution < -0.4 is 16.0 Å². The van der Waals surface area contributed by atoms with Crippen LogP contribution in [-0.2, 0) is 19.1 Å². The van der Waals surface area contributed by atoms with Crippen LogP contribution in [0, 0.1) is 5.92 Å². The third-order valence-electron chi connectivity index (χ3n) is 5.53. The number of aromatic nitrogens is 2. The summed E-state index contributed by atoms with van der Waals surface area (Å²) < 4.78 is 6.87. The van der Waals surface area contributed by atoms with Crippen LogP contribution in [0.15, 0.2) is 24.3 Å². The van der Waals surface area contributed by atoms with Gasteiger partial charge in [0.05, 0.1) is 17.0 Å². The van der Waals surface area contributed by atoms with Gasteiger partial charge in [0.25, 0.3) is 5.91 Å². The van der Waals surface area contributed by atoms with Gasteiger partial charge in [-0.05, 0) is 45.7 Å². The zero-order valence-corrected chi connectivity index (χ0v) is 21.2. The summed E-state index contributed by atoms with van der Waals surface area (Å²) in [6.07, 6.45) is 0.163. The van der Waals surface area contributed by atoms with Crippen molar-refractivity contribution in [2.45, 2.75) is 52.2 Å². The Hall–Kier alpha value is -4.16. The summed E-state index contributed by atoms with van der Waals surface area (Å²) in [5.41, 5.74) is 0.503. The molecule has 2 aromatic rings. The molecule has 1 saturated heterocycles. The van der Waals surface area contributed by atoms with Crippen LogP contribution in [0.25, 0.3) is 11.0 Å². The monoisotopic (exact) mass is 516 g/mol. The lowest BCUT2D eigenvalue weighted by molar-refractivity contribution is -0.141. The largest absolute Gasteiger partial charge is 0.481 e. The molecule has 2 heterocycles. The lowest BCUT2D eigenvalue weighted by atomic mass is 10.1. The summed E-state index contributed by atoms with van der Waals surface area (Å²) in [5, 5.41) is 16.9. The number of carboxylic acid groups (broad SMARTS) is 1. The Balaban J connectivity index is 1.55. The number of para-hydroxylation sites is 2. The molecule has 4 N–H and O–H groups in total. The van der Waals surface area contributed by atoms with Crippen molar-refractivity contribution < 1.29 is 33.8 Å². The molecule has 13 heteroatoms. The number of imide groups is 1. The predicted molar refractivity (Wildman–Crippen MR) is 133 cm³/mol. The lowest BCUT2D eigenvalue weighted by Crippen LogP contribution is -2.42. The summed E-state index contributed by atoms with van der Waals surface area (Å²) in [4.78, 5) is 65.8. The number of aliphatic carboxylic acids is 1. The topological polar surface area (TPSA) is 172 Å². The first-order valence-electron chi connectivity index (χ1n) is 11.9. The van der Waals surface area contributed by atoms with Gasteiger partial charge in [-0.1, -0.05) is 19.1 Å². The molecule has 3 rings (SSSR count). The van der Waals surface area contributed by atoms with E-state index in [-0.39, 0.29) is 6.54 Å². The van der Waals surface area contributed by atoms with Crippen molar-refractivity contribution in [3.05, 3.63) is 24.3 Å². The number of benzene rings is 1. The molecule has 13 nitrogen and oxygen atoms in total. The van der Waals surface area contributed by atoms with Crippen LogP contribution in [-0.4, -0.2) is 80.7 Å². The number of rotatable bonds is 10. The van der Waals surface area contributed by atoms with Gasteiger partial charge in [-0.2, -0.15) is 0 Å². The van der Waals surface area contributed by atoms with Gasteiger partial charge in [-0.3, -0.25) is 19.3 Å². The lowest BCUT2D eigenvalue weighted by Gasteiger charge is -2.20. The van der Waals surface area contributed by atoms with Crippen LogP contribution in [0.4, 0.5) is 15.5 Å². The molecule has 4 amide bonds. The van der Waals surface area contributed by atoms with Gasteiger partial charge in [0, 0.05) is 13.1 Å². The van der Waals surface area contributed by atoms with Gasteiger partial charge in [0.1, 0.15) is 18.2 Å². The number of hydrogen-bond acceptors (Lipinski definition) is 8. The Labute approximate surface area is 213 Å². The van der Waals surface area contributed by atoms with Crippen LogP contribution in [0.3, 0.4) is 0 Å². The summed E-state index contributed by atoms with van der Waals surface area (Å²) >= 11 is 0. The number of carbonyl (C=O) groups excluding carboxylic acids is 4. The average molecular weight is 517 g/mol. The van der Waals surface area contributed by atoms with Crippen molar-refractivity contribution in [1.29, 1.82) is 0 Å². The van der Waals surface area contributed by atoms with Crippen molar-refractivity contribution in [2.24, 2.45) is 5.92 Å². The first kappa shape index (κ1) is 27.4. The maximum atomic E-state index is 12.8. The molecule has 0 saturated carbocycles. The Morgan fingerprint density at radius 1 is 1.22 bits per heavy atom. The number of urea groups is 1. The van der Waals surface area contributed by atoms with E-state index in [4.69, 9.17) is 9.84 Å². The highest BCUT2D eigenvalue weighted by Gasteiger charge is 2.38. The van der Waals surface area contributed by atoms with Gasteiger partial charge < -0.3 is 25.8 Å². The maximum Gasteiger partial charge on any atom is 0.421 e. The number of anilines is 1. The fraction of sp³-hybridized carbons (Fsp3) is 0.500. The van der Waals surface area contributed by atoms with Crippen LogP contribution in [0.1, 0.15) is 40.5 Å². The molecule has 1 fully saturated rings. The number of ether oxygens (including phenoxy) is 1. The Morgan fingerprint density at radius 3 is 2.59 bits per heavy atom. The molecule has 1 aromatic heterocycles. The molecule has 1 aliphatic heterocycles. The third kappa shape index (κ3) is 6.96. The van der Waals surface area contributed by atoms with Gasteiger partial charge in [-0.15, -0.1) is 0 Å². The van der Waals surface area contributed by atoms with Crippen LogP contribution >= 0.6 is 0 Å². The second-order valence-electron chi connectivity index (χ2n) is 9.78. The van der Waals surface area contributed by atoms with E-state index >= 15 is 0 Å². The molecule has 0 spiro atoms. The molecular formula is C24H32N6O7. The highest BCUT2D eigenvalue weighted by molar-refractivity contribution is 6.06. The second kappa shape index (κ2) is 11.3. The Bertz CT molecular complexity index is 1200. The molecule has 1 aliphatic rings. The van der Waals surface area contributed by atoms with E-state index in [0.717, 1.165) is 4.90 Å². The predicted octanol–water partition coefficient (Wildman–Crippen LogP) is 1.77. The molecule has 2 unspecified atom stereocenters. The number of fused-ring (bicyclic) bond motifs is 1. The fourth-order valence-corrected chi connectivity index (χ4v) is 3.62. The Kier molecular flexibility index (Phi) is 8.35. The number of carboxylic acids is 1. The fourth-order valence-electron chi connectivity index (χ4n) is 3.62.